The summed E-state index contributed by atoms with van der Waals surface area (Å²) in [5.74, 6) is 0.668. The number of hydrogen-bond donors (Lipinski definition) is 0. The van der Waals surface area contributed by atoms with Crippen molar-refractivity contribution in [2.45, 2.75) is 6.54 Å². The second kappa shape index (κ2) is 7.21. The zero-order valence-electron chi connectivity index (χ0n) is 14.6. The van der Waals surface area contributed by atoms with Crippen molar-refractivity contribution in [1.82, 2.24) is 14.7 Å². The molecule has 2 aromatic carbocycles. The fraction of sp³-hybridized carbons (Fsp3) is 0.200. The average Bonchev–Trinajstić information content (AvgIpc) is 3.03. The smallest absolute Gasteiger partial charge is 0.274 e. The molecule has 0 saturated heterocycles. The Morgan fingerprint density at radius 1 is 1.12 bits per heavy atom. The van der Waals surface area contributed by atoms with E-state index in [2.05, 4.69) is 5.10 Å². The van der Waals surface area contributed by atoms with Gasteiger partial charge in [-0.3, -0.25) is 9.48 Å². The lowest BCUT2D eigenvalue weighted by Gasteiger charge is -2.15. The van der Waals surface area contributed by atoms with Crippen LogP contribution in [0.15, 0.2) is 60.7 Å². The van der Waals surface area contributed by atoms with Crippen molar-refractivity contribution in [3.63, 3.8) is 0 Å². The van der Waals surface area contributed by atoms with Crippen molar-refractivity contribution in [2.24, 2.45) is 7.05 Å². The van der Waals surface area contributed by atoms with Crippen LogP contribution in [0.1, 0.15) is 16.1 Å². The summed E-state index contributed by atoms with van der Waals surface area (Å²) in [5, 5.41) is 4.39. The number of methoxy groups -OCH3 is 1. The number of ether oxygens (including phenoxy) is 1. The lowest BCUT2D eigenvalue weighted by atomic mass is 10.1. The van der Waals surface area contributed by atoms with E-state index < -0.39 is 0 Å². The number of carbonyl (C=O) groups excluding carboxylic acids is 1. The molecule has 128 valence electrons. The second-order valence-electron chi connectivity index (χ2n) is 5.92. The van der Waals surface area contributed by atoms with Crippen molar-refractivity contribution in [1.29, 1.82) is 0 Å². The van der Waals surface area contributed by atoms with Crippen LogP contribution < -0.4 is 4.74 Å². The summed E-state index contributed by atoms with van der Waals surface area (Å²) in [6.45, 7) is 0.546. The first-order valence-corrected chi connectivity index (χ1v) is 8.06. The van der Waals surface area contributed by atoms with E-state index in [1.807, 2.05) is 67.7 Å². The number of aryl methyl sites for hydroxylation is 1. The first-order valence-electron chi connectivity index (χ1n) is 8.06. The zero-order chi connectivity index (χ0) is 17.8. The third-order valence-electron chi connectivity index (χ3n) is 4.07. The molecule has 0 fully saturated rings. The molecule has 0 spiro atoms. The number of benzene rings is 2. The van der Waals surface area contributed by atoms with Crippen molar-refractivity contribution in [3.05, 3.63) is 71.9 Å². The lowest BCUT2D eigenvalue weighted by molar-refractivity contribution is 0.0778. The quantitative estimate of drug-likeness (QED) is 0.718. The molecule has 1 amide bonds. The zero-order valence-corrected chi connectivity index (χ0v) is 14.6. The van der Waals surface area contributed by atoms with Gasteiger partial charge in [-0.15, -0.1) is 0 Å². The van der Waals surface area contributed by atoms with Gasteiger partial charge in [-0.25, -0.2) is 0 Å². The van der Waals surface area contributed by atoms with E-state index in [9.17, 15) is 4.79 Å². The molecule has 0 aliphatic heterocycles. The van der Waals surface area contributed by atoms with E-state index in [1.54, 1.807) is 23.7 Å². The molecular weight excluding hydrogens is 314 g/mol. The molecule has 1 heterocycles. The predicted molar refractivity (Wildman–Crippen MR) is 97.4 cm³/mol. The van der Waals surface area contributed by atoms with Crippen LogP contribution in [0, 0.1) is 0 Å². The highest BCUT2D eigenvalue weighted by Crippen LogP contribution is 2.24. The van der Waals surface area contributed by atoms with Crippen LogP contribution >= 0.6 is 0 Å². The van der Waals surface area contributed by atoms with Gasteiger partial charge < -0.3 is 9.64 Å². The maximum absolute atomic E-state index is 12.7. The molecule has 3 rings (SSSR count). The minimum absolute atomic E-state index is 0.103. The molecule has 25 heavy (non-hydrogen) atoms. The van der Waals surface area contributed by atoms with E-state index in [4.69, 9.17) is 4.74 Å². The van der Waals surface area contributed by atoms with Crippen molar-refractivity contribution < 1.29 is 9.53 Å². The molecule has 0 bridgehead atoms. The van der Waals surface area contributed by atoms with Crippen molar-refractivity contribution in [2.75, 3.05) is 14.2 Å². The highest BCUT2D eigenvalue weighted by molar-refractivity contribution is 5.93. The Bertz CT molecular complexity index is 872. The molecule has 5 nitrogen and oxygen atoms in total. The largest absolute Gasteiger partial charge is 0.497 e. The molecule has 0 N–H and O–H groups in total. The Morgan fingerprint density at radius 2 is 1.88 bits per heavy atom. The van der Waals surface area contributed by atoms with Gasteiger partial charge in [0.15, 0.2) is 5.69 Å². The maximum atomic E-state index is 12.7. The first-order chi connectivity index (χ1) is 12.1. The molecule has 0 aliphatic rings. The van der Waals surface area contributed by atoms with Crippen LogP contribution in [-0.4, -0.2) is 34.7 Å². The van der Waals surface area contributed by atoms with Crippen molar-refractivity contribution in [3.8, 4) is 17.0 Å². The maximum Gasteiger partial charge on any atom is 0.274 e. The van der Waals surface area contributed by atoms with Gasteiger partial charge in [-0.1, -0.05) is 42.5 Å². The average molecular weight is 335 g/mol. The Labute approximate surface area is 147 Å². The Morgan fingerprint density at radius 3 is 2.60 bits per heavy atom. The first kappa shape index (κ1) is 16.8. The molecule has 0 aliphatic carbocycles. The summed E-state index contributed by atoms with van der Waals surface area (Å²) in [6.07, 6.45) is 0. The Hall–Kier alpha value is -3.08. The fourth-order valence-corrected chi connectivity index (χ4v) is 2.75. The molecular formula is C20H21N3O2. The highest BCUT2D eigenvalue weighted by atomic mass is 16.5. The van der Waals surface area contributed by atoms with Crippen LogP contribution in [0.5, 0.6) is 5.75 Å². The van der Waals surface area contributed by atoms with Crippen LogP contribution in [0.2, 0.25) is 0 Å². The summed E-state index contributed by atoms with van der Waals surface area (Å²) in [6, 6.07) is 19.4. The van der Waals surface area contributed by atoms with E-state index in [0.717, 1.165) is 22.6 Å². The minimum Gasteiger partial charge on any atom is -0.497 e. The van der Waals surface area contributed by atoms with Crippen LogP contribution in [0.4, 0.5) is 0 Å². The molecule has 0 atom stereocenters. The molecule has 0 unspecified atom stereocenters. The molecule has 1 aromatic heterocycles. The molecule has 0 radical (unpaired) electrons. The van der Waals surface area contributed by atoms with Gasteiger partial charge >= 0.3 is 0 Å². The lowest BCUT2D eigenvalue weighted by Crippen LogP contribution is -2.26. The minimum atomic E-state index is -0.103. The van der Waals surface area contributed by atoms with E-state index in [0.29, 0.717) is 12.2 Å². The van der Waals surface area contributed by atoms with Gasteiger partial charge in [0.25, 0.3) is 5.91 Å². The van der Waals surface area contributed by atoms with Crippen LogP contribution in [0.3, 0.4) is 0 Å². The molecule has 3 aromatic rings. The van der Waals surface area contributed by atoms with Crippen LogP contribution in [-0.2, 0) is 13.6 Å². The number of nitrogens with zero attached hydrogens (tertiary/aromatic N) is 3. The summed E-state index contributed by atoms with van der Waals surface area (Å²) in [5.41, 5.74) is 3.34. The van der Waals surface area contributed by atoms with Gasteiger partial charge in [0, 0.05) is 26.2 Å². The third kappa shape index (κ3) is 3.71. The summed E-state index contributed by atoms with van der Waals surface area (Å²) in [7, 11) is 5.26. The van der Waals surface area contributed by atoms with E-state index in [-0.39, 0.29) is 5.91 Å². The topological polar surface area (TPSA) is 47.4 Å². The highest BCUT2D eigenvalue weighted by Gasteiger charge is 2.18. The standard InChI is InChI=1S/C20H21N3O2/c1-22(14-15-8-5-4-6-9-15)20(24)18-13-19(23(2)21-18)16-10-7-11-17(12-16)25-3/h4-13H,14H2,1-3H3. The number of hydrogen-bond acceptors (Lipinski definition) is 3. The van der Waals surface area contributed by atoms with Gasteiger partial charge in [-0.2, -0.15) is 5.10 Å². The van der Waals surface area contributed by atoms with E-state index in [1.165, 1.54) is 0 Å². The van der Waals surface area contributed by atoms with E-state index >= 15 is 0 Å². The van der Waals surface area contributed by atoms with Gasteiger partial charge in [0.1, 0.15) is 5.75 Å². The Kier molecular flexibility index (Phi) is 4.84. The normalized spacial score (nSPS) is 10.5. The molecule has 0 saturated carbocycles. The number of amides is 1. The number of carbonyl (C=O) groups is 1. The van der Waals surface area contributed by atoms with Gasteiger partial charge in [0.2, 0.25) is 0 Å². The second-order valence-corrected chi connectivity index (χ2v) is 5.92. The monoisotopic (exact) mass is 335 g/mol. The fourth-order valence-electron chi connectivity index (χ4n) is 2.75. The van der Waals surface area contributed by atoms with Crippen molar-refractivity contribution >= 4 is 5.91 Å². The third-order valence-corrected chi connectivity index (χ3v) is 4.07. The SMILES string of the molecule is COc1cccc(-c2cc(C(=O)N(C)Cc3ccccc3)nn2C)c1. The van der Waals surface area contributed by atoms with Gasteiger partial charge in [-0.05, 0) is 23.8 Å². The Balaban J connectivity index is 1.82. The van der Waals surface area contributed by atoms with Gasteiger partial charge in [0.05, 0.1) is 12.8 Å². The summed E-state index contributed by atoms with van der Waals surface area (Å²) in [4.78, 5) is 14.4. The van der Waals surface area contributed by atoms with Crippen LogP contribution in [0.25, 0.3) is 11.3 Å². The summed E-state index contributed by atoms with van der Waals surface area (Å²) < 4.78 is 6.99. The molecule has 5 heteroatoms. The number of rotatable bonds is 5. The number of aromatic nitrogens is 2. The summed E-state index contributed by atoms with van der Waals surface area (Å²) >= 11 is 0. The predicted octanol–water partition coefficient (Wildman–Crippen LogP) is 3.37.